The SMILES string of the molecule is Cc1cc(C)c2c(n1)c1c(C)cccc1n1c3ccccc3[n+](C)c21. The maximum absolute atomic E-state index is 4.96. The summed E-state index contributed by atoms with van der Waals surface area (Å²) in [5, 5.41) is 2.49. The molecule has 25 heavy (non-hydrogen) atoms. The van der Waals surface area contributed by atoms with Crippen molar-refractivity contribution in [3.8, 4) is 0 Å². The summed E-state index contributed by atoms with van der Waals surface area (Å²) in [7, 11) is 2.15. The van der Waals surface area contributed by atoms with E-state index in [1.165, 1.54) is 44.1 Å². The van der Waals surface area contributed by atoms with Crippen LogP contribution in [0.15, 0.2) is 48.5 Å². The number of para-hydroxylation sites is 2. The molecule has 0 N–H and O–H groups in total. The molecule has 2 aromatic carbocycles. The lowest BCUT2D eigenvalue weighted by molar-refractivity contribution is -0.617. The van der Waals surface area contributed by atoms with Crippen LogP contribution in [-0.2, 0) is 7.05 Å². The minimum Gasteiger partial charge on any atom is -0.252 e. The lowest BCUT2D eigenvalue weighted by atomic mass is 10.0. The van der Waals surface area contributed by atoms with E-state index in [0.29, 0.717) is 0 Å². The monoisotopic (exact) mass is 326 g/mol. The Morgan fingerprint density at radius 3 is 2.44 bits per heavy atom. The molecule has 3 nitrogen and oxygen atoms in total. The number of benzene rings is 2. The van der Waals surface area contributed by atoms with Crippen molar-refractivity contribution in [1.82, 2.24) is 9.38 Å². The summed E-state index contributed by atoms with van der Waals surface area (Å²) in [5.41, 5.74) is 9.61. The molecule has 0 bridgehead atoms. The highest BCUT2D eigenvalue weighted by Gasteiger charge is 2.25. The number of hydrogen-bond acceptors (Lipinski definition) is 1. The van der Waals surface area contributed by atoms with E-state index in [1.54, 1.807) is 0 Å². The number of nitrogens with zero attached hydrogens (tertiary/aromatic N) is 3. The number of pyridine rings is 2. The highest BCUT2D eigenvalue weighted by Crippen LogP contribution is 2.33. The van der Waals surface area contributed by atoms with E-state index in [2.05, 4.69) is 85.3 Å². The van der Waals surface area contributed by atoms with Crippen LogP contribution >= 0.6 is 0 Å². The number of aryl methyl sites for hydroxylation is 4. The molecule has 0 amide bonds. The van der Waals surface area contributed by atoms with Crippen molar-refractivity contribution in [2.75, 3.05) is 0 Å². The van der Waals surface area contributed by atoms with Gasteiger partial charge in [-0.3, -0.25) is 4.98 Å². The molecule has 0 aliphatic carbocycles. The predicted octanol–water partition coefficient (Wildman–Crippen LogP) is 4.54. The van der Waals surface area contributed by atoms with Crippen LogP contribution in [0.3, 0.4) is 0 Å². The molecule has 0 spiro atoms. The summed E-state index contributed by atoms with van der Waals surface area (Å²) >= 11 is 0. The van der Waals surface area contributed by atoms with Crippen LogP contribution in [0, 0.1) is 20.8 Å². The van der Waals surface area contributed by atoms with Gasteiger partial charge in [0, 0.05) is 5.69 Å². The third kappa shape index (κ3) is 1.75. The Balaban J connectivity index is 2.30. The standard InChI is InChI=1S/C22H20N3/c1-13-8-7-11-18-19(13)21-20(14(2)12-15(3)23-21)22-24(4)16-9-5-6-10-17(16)25(18)22/h5-12H,1-4H3/q+1. The summed E-state index contributed by atoms with van der Waals surface area (Å²) in [6.07, 6.45) is 0. The Kier molecular flexibility index (Phi) is 2.76. The molecule has 5 rings (SSSR count). The number of fused-ring (bicyclic) bond motifs is 8. The average Bonchev–Trinajstić information content (AvgIpc) is 2.88. The first kappa shape index (κ1) is 14.4. The van der Waals surface area contributed by atoms with E-state index in [9.17, 15) is 0 Å². The molecule has 0 saturated carbocycles. The Hall–Kier alpha value is -2.94. The Bertz CT molecular complexity index is 1330. The number of aromatic nitrogens is 3. The minimum absolute atomic E-state index is 1.07. The summed E-state index contributed by atoms with van der Waals surface area (Å²) < 4.78 is 4.69. The van der Waals surface area contributed by atoms with Crippen molar-refractivity contribution >= 4 is 38.5 Å². The number of rotatable bonds is 0. The van der Waals surface area contributed by atoms with Gasteiger partial charge in [0.25, 0.3) is 5.65 Å². The van der Waals surface area contributed by atoms with E-state index in [0.717, 1.165) is 11.2 Å². The lowest BCUT2D eigenvalue weighted by Crippen LogP contribution is -2.27. The average molecular weight is 326 g/mol. The lowest BCUT2D eigenvalue weighted by Gasteiger charge is -2.09. The van der Waals surface area contributed by atoms with Gasteiger partial charge in [0.1, 0.15) is 5.52 Å². The molecule has 0 unspecified atom stereocenters. The zero-order valence-electron chi connectivity index (χ0n) is 15.0. The fourth-order valence-electron chi connectivity index (χ4n) is 4.29. The van der Waals surface area contributed by atoms with Crippen molar-refractivity contribution in [3.63, 3.8) is 0 Å². The molecule has 0 saturated heterocycles. The first-order chi connectivity index (χ1) is 12.1. The van der Waals surface area contributed by atoms with Crippen molar-refractivity contribution in [1.29, 1.82) is 0 Å². The largest absolute Gasteiger partial charge is 0.297 e. The van der Waals surface area contributed by atoms with Crippen LogP contribution in [0.25, 0.3) is 38.5 Å². The molecule has 0 aliphatic heterocycles. The third-order valence-electron chi connectivity index (χ3n) is 5.31. The molecule has 0 aliphatic rings. The minimum atomic E-state index is 1.07. The summed E-state index contributed by atoms with van der Waals surface area (Å²) in [6.45, 7) is 6.45. The topological polar surface area (TPSA) is 21.2 Å². The first-order valence-corrected chi connectivity index (χ1v) is 8.66. The van der Waals surface area contributed by atoms with Crippen molar-refractivity contribution in [2.24, 2.45) is 7.05 Å². The van der Waals surface area contributed by atoms with Crippen LogP contribution in [0.1, 0.15) is 16.8 Å². The molecule has 0 radical (unpaired) electrons. The van der Waals surface area contributed by atoms with Crippen LogP contribution in [0.4, 0.5) is 0 Å². The normalized spacial score (nSPS) is 12.0. The van der Waals surface area contributed by atoms with Gasteiger partial charge in [0.05, 0.1) is 23.3 Å². The van der Waals surface area contributed by atoms with Gasteiger partial charge < -0.3 is 0 Å². The second-order valence-electron chi connectivity index (χ2n) is 6.98. The van der Waals surface area contributed by atoms with Gasteiger partial charge >= 0.3 is 0 Å². The smallest absolute Gasteiger partial charge is 0.252 e. The molecule has 3 aromatic heterocycles. The molecular formula is C22H20N3+. The summed E-state index contributed by atoms with van der Waals surface area (Å²) in [4.78, 5) is 4.96. The Morgan fingerprint density at radius 2 is 1.60 bits per heavy atom. The number of hydrogen-bond donors (Lipinski definition) is 0. The first-order valence-electron chi connectivity index (χ1n) is 8.66. The van der Waals surface area contributed by atoms with Gasteiger partial charge in [-0.05, 0) is 56.2 Å². The number of imidazole rings is 1. The van der Waals surface area contributed by atoms with Crippen LogP contribution in [-0.4, -0.2) is 9.38 Å². The van der Waals surface area contributed by atoms with Crippen LogP contribution in [0.2, 0.25) is 0 Å². The molecule has 3 heteroatoms. The summed E-state index contributed by atoms with van der Waals surface area (Å²) in [5.74, 6) is 0. The highest BCUT2D eigenvalue weighted by atomic mass is 15.1. The Morgan fingerprint density at radius 1 is 0.840 bits per heavy atom. The van der Waals surface area contributed by atoms with Gasteiger partial charge in [0.15, 0.2) is 11.0 Å². The second kappa shape index (κ2) is 4.79. The van der Waals surface area contributed by atoms with Gasteiger partial charge in [0.2, 0.25) is 0 Å². The maximum Gasteiger partial charge on any atom is 0.297 e. The maximum atomic E-state index is 4.96. The van der Waals surface area contributed by atoms with Gasteiger partial charge in [-0.15, -0.1) is 0 Å². The zero-order valence-corrected chi connectivity index (χ0v) is 15.0. The fraction of sp³-hybridized carbons (Fsp3) is 0.182. The van der Waals surface area contributed by atoms with Gasteiger partial charge in [-0.1, -0.05) is 24.3 Å². The predicted molar refractivity (Wildman–Crippen MR) is 103 cm³/mol. The van der Waals surface area contributed by atoms with E-state index in [-0.39, 0.29) is 0 Å². The van der Waals surface area contributed by atoms with Crippen molar-refractivity contribution < 1.29 is 4.57 Å². The molecule has 0 fully saturated rings. The fourth-order valence-corrected chi connectivity index (χ4v) is 4.29. The van der Waals surface area contributed by atoms with Gasteiger partial charge in [-0.2, -0.15) is 4.40 Å². The van der Waals surface area contributed by atoms with E-state index in [1.807, 2.05) is 0 Å². The summed E-state index contributed by atoms with van der Waals surface area (Å²) in [6, 6.07) is 17.3. The quantitative estimate of drug-likeness (QED) is 0.302. The molecular weight excluding hydrogens is 306 g/mol. The molecule has 3 heterocycles. The van der Waals surface area contributed by atoms with Crippen LogP contribution in [0.5, 0.6) is 0 Å². The van der Waals surface area contributed by atoms with E-state index >= 15 is 0 Å². The van der Waals surface area contributed by atoms with Crippen molar-refractivity contribution in [3.05, 3.63) is 65.4 Å². The van der Waals surface area contributed by atoms with E-state index < -0.39 is 0 Å². The second-order valence-corrected chi connectivity index (χ2v) is 6.98. The molecule has 0 atom stereocenters. The molecule has 5 aromatic rings. The van der Waals surface area contributed by atoms with Crippen molar-refractivity contribution in [2.45, 2.75) is 20.8 Å². The molecule has 122 valence electrons. The Labute approximate surface area is 146 Å². The van der Waals surface area contributed by atoms with Crippen LogP contribution < -0.4 is 4.57 Å². The van der Waals surface area contributed by atoms with Gasteiger partial charge in [-0.25, -0.2) is 4.57 Å². The third-order valence-corrected chi connectivity index (χ3v) is 5.31. The zero-order chi connectivity index (χ0) is 17.3. The highest BCUT2D eigenvalue weighted by molar-refractivity contribution is 6.13. The van der Waals surface area contributed by atoms with E-state index in [4.69, 9.17) is 4.98 Å².